The molecule has 3 aromatic rings. The molecule has 0 saturated carbocycles. The molecule has 0 aliphatic carbocycles. The number of nitrogens with one attached hydrogen (secondary N) is 1. The summed E-state index contributed by atoms with van der Waals surface area (Å²) in [5, 5.41) is 13.6. The van der Waals surface area contributed by atoms with E-state index in [0.29, 0.717) is 11.2 Å². The molecule has 5 nitrogen and oxygen atoms in total. The largest absolute Gasteiger partial charge is 0.491 e. The Morgan fingerprint density at radius 1 is 1.33 bits per heavy atom. The van der Waals surface area contributed by atoms with Crippen LogP contribution in [0.5, 0.6) is 5.75 Å². The monoisotopic (exact) mass is 358 g/mol. The van der Waals surface area contributed by atoms with E-state index in [1.54, 1.807) is 22.2 Å². The number of hydrogen-bond donors (Lipinski definition) is 1. The predicted molar refractivity (Wildman–Crippen MR) is 99.7 cm³/mol. The van der Waals surface area contributed by atoms with Gasteiger partial charge in [0.15, 0.2) is 5.82 Å². The summed E-state index contributed by atoms with van der Waals surface area (Å²) in [6.07, 6.45) is 2.62. The molecule has 2 aromatic heterocycles. The van der Waals surface area contributed by atoms with Gasteiger partial charge in [-0.25, -0.2) is 0 Å². The number of nitrogens with zero attached hydrogens (tertiary/aromatic N) is 3. The Hall–Kier alpha value is -2.25. The minimum atomic E-state index is 0.161. The highest BCUT2D eigenvalue weighted by atomic mass is 32.1. The van der Waals surface area contributed by atoms with E-state index in [2.05, 4.69) is 21.4 Å². The third-order valence-electron chi connectivity index (χ3n) is 3.20. The van der Waals surface area contributed by atoms with E-state index in [0.717, 1.165) is 17.1 Å². The van der Waals surface area contributed by atoms with E-state index in [1.165, 1.54) is 4.88 Å². The van der Waals surface area contributed by atoms with Crippen LogP contribution in [-0.2, 0) is 6.42 Å². The van der Waals surface area contributed by atoms with Gasteiger partial charge < -0.3 is 4.74 Å². The third-order valence-corrected chi connectivity index (χ3v) is 4.34. The summed E-state index contributed by atoms with van der Waals surface area (Å²) in [6.45, 7) is 4.01. The molecule has 0 aliphatic heterocycles. The molecule has 0 unspecified atom stereocenters. The van der Waals surface area contributed by atoms with Crippen molar-refractivity contribution < 1.29 is 4.74 Å². The van der Waals surface area contributed by atoms with E-state index in [1.807, 2.05) is 49.6 Å². The molecule has 0 fully saturated rings. The van der Waals surface area contributed by atoms with Crippen LogP contribution in [0.15, 0.2) is 46.9 Å². The highest BCUT2D eigenvalue weighted by Gasteiger charge is 2.07. The van der Waals surface area contributed by atoms with E-state index < -0.39 is 0 Å². The highest BCUT2D eigenvalue weighted by molar-refractivity contribution is 7.71. The minimum Gasteiger partial charge on any atom is -0.491 e. The fourth-order valence-corrected chi connectivity index (χ4v) is 3.06. The molecule has 7 heteroatoms. The predicted octanol–water partition coefficient (Wildman–Crippen LogP) is 4.26. The van der Waals surface area contributed by atoms with E-state index in [4.69, 9.17) is 17.0 Å². The van der Waals surface area contributed by atoms with E-state index >= 15 is 0 Å². The molecule has 124 valence electrons. The van der Waals surface area contributed by atoms with Crippen LogP contribution in [0.25, 0.3) is 0 Å². The summed E-state index contributed by atoms with van der Waals surface area (Å²) in [5.74, 6) is 1.64. The third kappa shape index (κ3) is 4.18. The fraction of sp³-hybridized carbons (Fsp3) is 0.235. The Morgan fingerprint density at radius 2 is 2.12 bits per heavy atom. The maximum Gasteiger partial charge on any atom is 0.216 e. The van der Waals surface area contributed by atoms with Gasteiger partial charge in [0, 0.05) is 11.3 Å². The molecule has 0 spiro atoms. The average Bonchev–Trinajstić information content (AvgIpc) is 3.18. The van der Waals surface area contributed by atoms with Crippen LogP contribution in [0.1, 0.15) is 30.1 Å². The first-order valence-electron chi connectivity index (χ1n) is 7.61. The van der Waals surface area contributed by atoms with Crippen LogP contribution in [0.3, 0.4) is 0 Å². The van der Waals surface area contributed by atoms with Gasteiger partial charge >= 0.3 is 0 Å². The second-order valence-corrected chi connectivity index (χ2v) is 6.91. The van der Waals surface area contributed by atoms with E-state index in [9.17, 15) is 0 Å². The van der Waals surface area contributed by atoms with Gasteiger partial charge in [0.2, 0.25) is 4.77 Å². The van der Waals surface area contributed by atoms with Crippen molar-refractivity contribution in [2.24, 2.45) is 5.10 Å². The number of hydrogen-bond acceptors (Lipinski definition) is 5. The van der Waals surface area contributed by atoms with Crippen molar-refractivity contribution in [2.45, 2.75) is 26.4 Å². The Balaban J connectivity index is 1.77. The highest BCUT2D eigenvalue weighted by Crippen LogP contribution is 2.15. The second-order valence-electron chi connectivity index (χ2n) is 5.49. The summed E-state index contributed by atoms with van der Waals surface area (Å²) >= 11 is 6.96. The summed E-state index contributed by atoms with van der Waals surface area (Å²) in [4.78, 5) is 1.22. The topological polar surface area (TPSA) is 55.2 Å². The molecule has 2 heterocycles. The molecule has 1 N–H and O–H groups in total. The summed E-state index contributed by atoms with van der Waals surface area (Å²) in [7, 11) is 0. The normalized spacial score (nSPS) is 11.5. The van der Waals surface area contributed by atoms with Crippen molar-refractivity contribution >= 4 is 29.8 Å². The SMILES string of the molecule is CC(C)Oc1ccc(/C=N\n2c(Cc3cccs3)n[nH]c2=S)cc1. The van der Waals surface area contributed by atoms with Crippen LogP contribution < -0.4 is 4.74 Å². The number of rotatable bonds is 6. The van der Waals surface area contributed by atoms with Gasteiger partial charge in [0.25, 0.3) is 0 Å². The van der Waals surface area contributed by atoms with Crippen LogP contribution in [-0.4, -0.2) is 27.2 Å². The molecule has 24 heavy (non-hydrogen) atoms. The zero-order valence-corrected chi connectivity index (χ0v) is 15.1. The summed E-state index contributed by atoms with van der Waals surface area (Å²) in [5.41, 5.74) is 0.969. The van der Waals surface area contributed by atoms with Gasteiger partial charge in [-0.05, 0) is 67.3 Å². The van der Waals surface area contributed by atoms with Gasteiger partial charge in [-0.3, -0.25) is 5.10 Å². The van der Waals surface area contributed by atoms with Gasteiger partial charge in [-0.1, -0.05) is 6.07 Å². The van der Waals surface area contributed by atoms with Crippen molar-refractivity contribution in [2.75, 3.05) is 0 Å². The molecule has 0 atom stereocenters. The summed E-state index contributed by atoms with van der Waals surface area (Å²) < 4.78 is 7.78. The van der Waals surface area contributed by atoms with Gasteiger partial charge in [0.05, 0.1) is 12.3 Å². The van der Waals surface area contributed by atoms with Crippen molar-refractivity contribution in [3.05, 3.63) is 62.8 Å². The molecule has 0 amide bonds. The number of ether oxygens (including phenoxy) is 1. The molecular formula is C17H18N4OS2. The summed E-state index contributed by atoms with van der Waals surface area (Å²) in [6, 6.07) is 11.9. The lowest BCUT2D eigenvalue weighted by atomic mass is 10.2. The minimum absolute atomic E-state index is 0.161. The number of aromatic amines is 1. The van der Waals surface area contributed by atoms with Gasteiger partial charge in [0.1, 0.15) is 5.75 Å². The average molecular weight is 358 g/mol. The molecule has 0 aliphatic rings. The maximum atomic E-state index is 5.64. The Morgan fingerprint density at radius 3 is 2.79 bits per heavy atom. The van der Waals surface area contributed by atoms with Crippen molar-refractivity contribution in [3.63, 3.8) is 0 Å². The number of thiophene rings is 1. The van der Waals surface area contributed by atoms with E-state index in [-0.39, 0.29) is 6.10 Å². The molecule has 3 rings (SSSR count). The lowest BCUT2D eigenvalue weighted by Crippen LogP contribution is -2.05. The first-order valence-corrected chi connectivity index (χ1v) is 8.90. The number of H-pyrrole nitrogens is 1. The first-order chi connectivity index (χ1) is 11.6. The zero-order valence-electron chi connectivity index (χ0n) is 13.5. The Kier molecular flexibility index (Phi) is 5.22. The standard InChI is InChI=1S/C17H18N4OS2/c1-12(2)22-14-7-5-13(6-8-14)11-18-21-16(19-20-17(21)23)10-15-4-3-9-24-15/h3-9,11-12H,10H2,1-2H3,(H,20,23)/b18-11-. The maximum absolute atomic E-state index is 5.64. The fourth-order valence-electron chi connectivity index (χ4n) is 2.16. The molecule has 1 aromatic carbocycles. The lowest BCUT2D eigenvalue weighted by Gasteiger charge is -2.09. The number of benzene rings is 1. The molecular weight excluding hydrogens is 340 g/mol. The van der Waals surface area contributed by atoms with Crippen molar-refractivity contribution in [3.8, 4) is 5.75 Å². The van der Waals surface area contributed by atoms with Crippen molar-refractivity contribution in [1.82, 2.24) is 14.9 Å². The Labute approximate surface area is 149 Å². The second kappa shape index (κ2) is 7.55. The lowest BCUT2D eigenvalue weighted by molar-refractivity contribution is 0.242. The van der Waals surface area contributed by atoms with Crippen LogP contribution >= 0.6 is 23.6 Å². The van der Waals surface area contributed by atoms with Gasteiger partial charge in [-0.15, -0.1) is 11.3 Å². The molecule has 0 bridgehead atoms. The van der Waals surface area contributed by atoms with Gasteiger partial charge in [-0.2, -0.15) is 14.9 Å². The molecule has 0 radical (unpaired) electrons. The first kappa shape index (κ1) is 16.6. The Bertz CT molecular complexity index is 861. The zero-order chi connectivity index (χ0) is 16.9. The van der Waals surface area contributed by atoms with Crippen LogP contribution in [0.4, 0.5) is 0 Å². The molecule has 0 saturated heterocycles. The number of aromatic nitrogens is 3. The quantitative estimate of drug-likeness (QED) is 0.529. The van der Waals surface area contributed by atoms with Crippen LogP contribution in [0, 0.1) is 4.77 Å². The smallest absolute Gasteiger partial charge is 0.216 e. The van der Waals surface area contributed by atoms with Crippen molar-refractivity contribution in [1.29, 1.82) is 0 Å². The van der Waals surface area contributed by atoms with Crippen LogP contribution in [0.2, 0.25) is 0 Å².